The third kappa shape index (κ3) is 5.30. The number of hydrogen-bond donors (Lipinski definition) is 1. The van der Waals surface area contributed by atoms with Crippen LogP contribution in [0.15, 0.2) is 74.4 Å². The van der Waals surface area contributed by atoms with Gasteiger partial charge >= 0.3 is 0 Å². The van der Waals surface area contributed by atoms with Crippen LogP contribution in [0, 0.1) is 0 Å². The lowest BCUT2D eigenvalue weighted by Crippen LogP contribution is -2.22. The van der Waals surface area contributed by atoms with E-state index in [1.807, 2.05) is 36.4 Å². The van der Waals surface area contributed by atoms with Crippen LogP contribution in [0.1, 0.15) is 21.9 Å². The molecule has 0 bridgehead atoms. The number of benzene rings is 2. The van der Waals surface area contributed by atoms with Crippen LogP contribution in [-0.2, 0) is 23.1 Å². The zero-order valence-electron chi connectivity index (χ0n) is 14.6. The number of amides is 1. The number of ether oxygens (including phenoxy) is 1. The van der Waals surface area contributed by atoms with Crippen molar-refractivity contribution in [2.75, 3.05) is 7.11 Å². The van der Waals surface area contributed by atoms with E-state index in [2.05, 4.69) is 21.2 Å². The van der Waals surface area contributed by atoms with Gasteiger partial charge in [-0.05, 0) is 54.1 Å². The predicted molar refractivity (Wildman–Crippen MR) is 107 cm³/mol. The first kappa shape index (κ1) is 19.4. The van der Waals surface area contributed by atoms with E-state index in [9.17, 15) is 9.00 Å². The Kier molecular flexibility index (Phi) is 6.47. The number of methoxy groups -OCH3 is 1. The fourth-order valence-electron chi connectivity index (χ4n) is 2.43. The largest absolute Gasteiger partial charge is 0.497 e. The van der Waals surface area contributed by atoms with E-state index in [0.717, 1.165) is 15.8 Å². The molecule has 0 radical (unpaired) electrons. The molecule has 1 N–H and O–H groups in total. The van der Waals surface area contributed by atoms with Gasteiger partial charge in [-0.15, -0.1) is 0 Å². The number of halogens is 1. The van der Waals surface area contributed by atoms with Crippen molar-refractivity contribution in [1.82, 2.24) is 5.32 Å². The Bertz CT molecular complexity index is 953. The minimum absolute atomic E-state index is 0.195. The van der Waals surface area contributed by atoms with Gasteiger partial charge in [-0.25, -0.2) is 0 Å². The van der Waals surface area contributed by atoms with Crippen LogP contribution < -0.4 is 10.1 Å². The molecule has 3 aromatic rings. The van der Waals surface area contributed by atoms with Gasteiger partial charge in [-0.1, -0.05) is 28.1 Å². The topological polar surface area (TPSA) is 68.5 Å². The Balaban J connectivity index is 1.58. The lowest BCUT2D eigenvalue weighted by Gasteiger charge is -2.05. The van der Waals surface area contributed by atoms with E-state index in [0.29, 0.717) is 17.2 Å². The second-order valence-corrected chi connectivity index (χ2v) is 8.11. The maximum Gasteiger partial charge on any atom is 0.287 e. The highest BCUT2D eigenvalue weighted by molar-refractivity contribution is 9.10. The maximum atomic E-state index is 12.4. The third-order valence-corrected chi connectivity index (χ3v) is 5.70. The van der Waals surface area contributed by atoms with Gasteiger partial charge in [0.2, 0.25) is 0 Å². The van der Waals surface area contributed by atoms with Crippen molar-refractivity contribution in [2.24, 2.45) is 0 Å². The van der Waals surface area contributed by atoms with Crippen molar-refractivity contribution in [1.29, 1.82) is 0 Å². The Labute approximate surface area is 168 Å². The summed E-state index contributed by atoms with van der Waals surface area (Å²) in [6, 6.07) is 18.0. The van der Waals surface area contributed by atoms with Crippen molar-refractivity contribution in [3.8, 4) is 5.75 Å². The molecule has 0 saturated carbocycles. The summed E-state index contributed by atoms with van der Waals surface area (Å²) in [4.78, 5) is 13.0. The smallest absolute Gasteiger partial charge is 0.287 e. The quantitative estimate of drug-likeness (QED) is 0.586. The van der Waals surface area contributed by atoms with Crippen LogP contribution >= 0.6 is 15.9 Å². The summed E-state index contributed by atoms with van der Waals surface area (Å²) in [7, 11) is 0.358. The first-order chi connectivity index (χ1) is 13.0. The van der Waals surface area contributed by atoms with Gasteiger partial charge in [-0.2, -0.15) is 0 Å². The molecule has 0 saturated heterocycles. The molecule has 2 aromatic carbocycles. The summed E-state index contributed by atoms with van der Waals surface area (Å²) in [6.07, 6.45) is 0. The first-order valence-electron chi connectivity index (χ1n) is 8.19. The van der Waals surface area contributed by atoms with Crippen LogP contribution in [0.25, 0.3) is 0 Å². The maximum absolute atomic E-state index is 12.4. The van der Waals surface area contributed by atoms with Gasteiger partial charge in [0.1, 0.15) is 11.5 Å². The molecular formula is C20H18BrNO4S. The molecule has 0 aliphatic rings. The average Bonchev–Trinajstić information content (AvgIpc) is 3.15. The molecule has 1 aromatic heterocycles. The van der Waals surface area contributed by atoms with Crippen LogP contribution in [0.2, 0.25) is 0 Å². The fraction of sp³-hybridized carbons (Fsp3) is 0.150. The van der Waals surface area contributed by atoms with E-state index in [4.69, 9.17) is 9.15 Å². The average molecular weight is 448 g/mol. The summed E-state index contributed by atoms with van der Waals surface area (Å²) in [6.45, 7) is 0.358. The Hall–Kier alpha value is -2.38. The van der Waals surface area contributed by atoms with Crippen molar-refractivity contribution < 1.29 is 18.2 Å². The minimum Gasteiger partial charge on any atom is -0.497 e. The number of furan rings is 1. The van der Waals surface area contributed by atoms with E-state index in [1.165, 1.54) is 0 Å². The summed E-state index contributed by atoms with van der Waals surface area (Å²) in [5.74, 6) is 1.32. The molecule has 0 unspecified atom stereocenters. The SMILES string of the molecule is COc1cccc(CNC(=O)c2ccc(C[S@@](=O)c3ccc(Br)cc3)o2)c1. The highest BCUT2D eigenvalue weighted by Gasteiger charge is 2.13. The lowest BCUT2D eigenvalue weighted by molar-refractivity contribution is 0.0921. The van der Waals surface area contributed by atoms with Gasteiger partial charge in [-0.3, -0.25) is 9.00 Å². The lowest BCUT2D eigenvalue weighted by atomic mass is 10.2. The number of carbonyl (C=O) groups is 1. The van der Waals surface area contributed by atoms with Gasteiger partial charge in [0, 0.05) is 15.9 Å². The molecule has 0 aliphatic carbocycles. The summed E-state index contributed by atoms with van der Waals surface area (Å²) in [5, 5.41) is 2.80. The van der Waals surface area contributed by atoms with Crippen LogP contribution in [0.4, 0.5) is 0 Å². The highest BCUT2D eigenvalue weighted by Crippen LogP contribution is 2.18. The van der Waals surface area contributed by atoms with Gasteiger partial charge in [0.25, 0.3) is 5.91 Å². The fourth-order valence-corrected chi connectivity index (χ4v) is 3.71. The number of carbonyl (C=O) groups excluding carboxylic acids is 1. The summed E-state index contributed by atoms with van der Waals surface area (Å²) < 4.78 is 24.0. The molecular weight excluding hydrogens is 430 g/mol. The summed E-state index contributed by atoms with van der Waals surface area (Å²) in [5.41, 5.74) is 0.922. The molecule has 0 fully saturated rings. The molecule has 140 valence electrons. The van der Waals surface area contributed by atoms with Crippen molar-refractivity contribution in [3.63, 3.8) is 0 Å². The molecule has 1 amide bonds. The summed E-state index contributed by atoms with van der Waals surface area (Å²) >= 11 is 3.35. The molecule has 3 rings (SSSR count). The second kappa shape index (κ2) is 9.01. The number of hydrogen-bond acceptors (Lipinski definition) is 4. The number of rotatable bonds is 7. The van der Waals surface area contributed by atoms with E-state index in [1.54, 1.807) is 31.4 Å². The molecule has 5 nitrogen and oxygen atoms in total. The predicted octanol–water partition coefficient (Wildman–Crippen LogP) is 4.29. The van der Waals surface area contributed by atoms with Gasteiger partial charge in [0.15, 0.2) is 5.76 Å². The Morgan fingerprint density at radius 3 is 2.67 bits per heavy atom. The van der Waals surface area contributed by atoms with E-state index >= 15 is 0 Å². The van der Waals surface area contributed by atoms with Crippen molar-refractivity contribution in [2.45, 2.75) is 17.2 Å². The highest BCUT2D eigenvalue weighted by atomic mass is 79.9. The standard InChI is InChI=1S/C20H18BrNO4S/c1-25-16-4-2-3-14(11-16)12-22-20(23)19-10-7-17(26-19)13-27(24)18-8-5-15(21)6-9-18/h2-11H,12-13H2,1H3,(H,22,23)/t27-/m1/s1. The Morgan fingerprint density at radius 1 is 1.15 bits per heavy atom. The molecule has 27 heavy (non-hydrogen) atoms. The minimum atomic E-state index is -1.24. The van der Waals surface area contributed by atoms with E-state index < -0.39 is 10.8 Å². The van der Waals surface area contributed by atoms with Crippen molar-refractivity contribution in [3.05, 3.63) is 82.2 Å². The van der Waals surface area contributed by atoms with Crippen LogP contribution in [0.3, 0.4) is 0 Å². The normalized spacial score (nSPS) is 11.8. The zero-order valence-corrected chi connectivity index (χ0v) is 17.0. The third-order valence-electron chi connectivity index (χ3n) is 3.82. The monoisotopic (exact) mass is 447 g/mol. The molecule has 7 heteroatoms. The van der Waals surface area contributed by atoms with Crippen molar-refractivity contribution >= 4 is 32.6 Å². The van der Waals surface area contributed by atoms with Gasteiger partial charge < -0.3 is 14.5 Å². The van der Waals surface area contributed by atoms with E-state index in [-0.39, 0.29) is 17.4 Å². The second-order valence-electron chi connectivity index (χ2n) is 5.74. The first-order valence-corrected chi connectivity index (χ1v) is 10.3. The molecule has 1 heterocycles. The van der Waals surface area contributed by atoms with Crippen LogP contribution in [-0.4, -0.2) is 17.2 Å². The number of nitrogens with one attached hydrogen (secondary N) is 1. The van der Waals surface area contributed by atoms with Gasteiger partial charge in [0.05, 0.1) is 23.7 Å². The molecule has 1 atom stereocenters. The molecule has 0 spiro atoms. The zero-order chi connectivity index (χ0) is 19.2. The Morgan fingerprint density at radius 2 is 1.93 bits per heavy atom. The molecule has 0 aliphatic heterocycles. The van der Waals surface area contributed by atoms with Crippen LogP contribution in [0.5, 0.6) is 5.75 Å².